The number of nitrogens with one attached hydrogen (secondary N) is 1. The van der Waals surface area contributed by atoms with Crippen molar-refractivity contribution < 1.29 is 23.1 Å². The fraction of sp³-hybridized carbons (Fsp3) is 0.917. The van der Waals surface area contributed by atoms with E-state index in [1.807, 2.05) is 13.8 Å². The summed E-state index contributed by atoms with van der Waals surface area (Å²) < 4.78 is 30.5. The van der Waals surface area contributed by atoms with Crippen LogP contribution in [0.5, 0.6) is 0 Å². The zero-order chi connectivity index (χ0) is 15.3. The average Bonchev–Trinajstić information content (AvgIpc) is 2.35. The Morgan fingerprint density at radius 2 is 2.15 bits per heavy atom. The maximum atomic E-state index is 12.4. The van der Waals surface area contributed by atoms with E-state index in [2.05, 4.69) is 4.72 Å². The SMILES string of the molecule is CC(C)CC(NS(C)(=O)=O)C(=O)N1CCOC(CO)C1. The van der Waals surface area contributed by atoms with Crippen molar-refractivity contribution in [1.29, 1.82) is 0 Å². The quantitative estimate of drug-likeness (QED) is 0.668. The van der Waals surface area contributed by atoms with Crippen LogP contribution in [0, 0.1) is 5.92 Å². The Labute approximate surface area is 120 Å². The molecular formula is C12H24N2O5S. The summed E-state index contributed by atoms with van der Waals surface area (Å²) >= 11 is 0. The number of carbonyl (C=O) groups is 1. The molecular weight excluding hydrogens is 284 g/mol. The lowest BCUT2D eigenvalue weighted by Gasteiger charge is -2.34. The van der Waals surface area contributed by atoms with E-state index < -0.39 is 22.2 Å². The summed E-state index contributed by atoms with van der Waals surface area (Å²) in [6, 6.07) is -0.762. The number of sulfonamides is 1. The summed E-state index contributed by atoms with van der Waals surface area (Å²) in [5.41, 5.74) is 0. The van der Waals surface area contributed by atoms with Gasteiger partial charge in [0.2, 0.25) is 15.9 Å². The van der Waals surface area contributed by atoms with E-state index >= 15 is 0 Å². The number of amides is 1. The van der Waals surface area contributed by atoms with E-state index in [4.69, 9.17) is 9.84 Å². The van der Waals surface area contributed by atoms with Gasteiger partial charge in [0, 0.05) is 13.1 Å². The van der Waals surface area contributed by atoms with E-state index in [0.29, 0.717) is 19.6 Å². The van der Waals surface area contributed by atoms with Gasteiger partial charge in [-0.1, -0.05) is 13.8 Å². The topological polar surface area (TPSA) is 95.9 Å². The lowest BCUT2D eigenvalue weighted by atomic mass is 10.0. The van der Waals surface area contributed by atoms with E-state index in [1.165, 1.54) is 0 Å². The van der Waals surface area contributed by atoms with Gasteiger partial charge in [-0.3, -0.25) is 4.79 Å². The molecule has 1 saturated heterocycles. The number of hydrogen-bond donors (Lipinski definition) is 2. The van der Waals surface area contributed by atoms with E-state index in [9.17, 15) is 13.2 Å². The number of rotatable bonds is 6. The summed E-state index contributed by atoms with van der Waals surface area (Å²) in [6.45, 7) is 4.76. The van der Waals surface area contributed by atoms with Crippen LogP contribution in [0.15, 0.2) is 0 Å². The molecule has 1 amide bonds. The highest BCUT2D eigenvalue weighted by atomic mass is 32.2. The normalized spacial score (nSPS) is 22.1. The molecule has 0 aromatic rings. The van der Waals surface area contributed by atoms with Crippen LogP contribution in [0.4, 0.5) is 0 Å². The number of ether oxygens (including phenoxy) is 1. The Hall–Kier alpha value is -0.700. The molecule has 2 unspecified atom stereocenters. The highest BCUT2D eigenvalue weighted by Crippen LogP contribution is 2.12. The van der Waals surface area contributed by atoms with Crippen molar-refractivity contribution in [3.05, 3.63) is 0 Å². The minimum Gasteiger partial charge on any atom is -0.394 e. The van der Waals surface area contributed by atoms with Crippen LogP contribution < -0.4 is 4.72 Å². The molecule has 1 fully saturated rings. The first-order valence-corrected chi connectivity index (χ1v) is 8.60. The Morgan fingerprint density at radius 3 is 2.65 bits per heavy atom. The summed E-state index contributed by atoms with van der Waals surface area (Å²) in [6.07, 6.45) is 1.09. The van der Waals surface area contributed by atoms with Gasteiger partial charge < -0.3 is 14.7 Å². The van der Waals surface area contributed by atoms with E-state index in [0.717, 1.165) is 6.26 Å². The smallest absolute Gasteiger partial charge is 0.240 e. The zero-order valence-corrected chi connectivity index (χ0v) is 13.0. The lowest BCUT2D eigenvalue weighted by molar-refractivity contribution is -0.142. The van der Waals surface area contributed by atoms with E-state index in [1.54, 1.807) is 4.90 Å². The van der Waals surface area contributed by atoms with Crippen molar-refractivity contribution in [1.82, 2.24) is 9.62 Å². The molecule has 1 aliphatic heterocycles. The third kappa shape index (κ3) is 5.74. The number of hydrogen-bond acceptors (Lipinski definition) is 5. The Bertz CT molecular complexity index is 424. The molecule has 20 heavy (non-hydrogen) atoms. The monoisotopic (exact) mass is 308 g/mol. The van der Waals surface area contributed by atoms with Crippen molar-refractivity contribution in [2.24, 2.45) is 5.92 Å². The predicted octanol–water partition coefficient (Wildman–Crippen LogP) is -0.830. The molecule has 2 N–H and O–H groups in total. The second-order valence-corrected chi connectivity index (χ2v) is 7.31. The van der Waals surface area contributed by atoms with Crippen LogP contribution in [0.2, 0.25) is 0 Å². The molecule has 0 aromatic heterocycles. The van der Waals surface area contributed by atoms with Crippen LogP contribution in [-0.2, 0) is 19.6 Å². The van der Waals surface area contributed by atoms with Crippen molar-refractivity contribution in [3.63, 3.8) is 0 Å². The van der Waals surface area contributed by atoms with Crippen LogP contribution in [0.1, 0.15) is 20.3 Å². The fourth-order valence-electron chi connectivity index (χ4n) is 2.18. The lowest BCUT2D eigenvalue weighted by Crippen LogP contribution is -2.54. The minimum absolute atomic E-state index is 0.155. The minimum atomic E-state index is -3.45. The molecule has 1 heterocycles. The van der Waals surface area contributed by atoms with Gasteiger partial charge in [-0.15, -0.1) is 0 Å². The summed E-state index contributed by atoms with van der Waals surface area (Å²) in [4.78, 5) is 14.0. The van der Waals surface area contributed by atoms with Gasteiger partial charge in [0.1, 0.15) is 6.04 Å². The summed E-state index contributed by atoms with van der Waals surface area (Å²) in [7, 11) is -3.45. The molecule has 0 aliphatic carbocycles. The third-order valence-electron chi connectivity index (χ3n) is 3.02. The van der Waals surface area contributed by atoms with Gasteiger partial charge in [-0.25, -0.2) is 13.1 Å². The van der Waals surface area contributed by atoms with Gasteiger partial charge in [-0.05, 0) is 12.3 Å². The first kappa shape index (κ1) is 17.4. The van der Waals surface area contributed by atoms with Gasteiger partial charge in [-0.2, -0.15) is 0 Å². The van der Waals surface area contributed by atoms with Gasteiger partial charge in [0.25, 0.3) is 0 Å². The Kier molecular flexibility index (Phi) is 6.38. The highest BCUT2D eigenvalue weighted by Gasteiger charge is 2.31. The average molecular weight is 308 g/mol. The van der Waals surface area contributed by atoms with Gasteiger partial charge >= 0.3 is 0 Å². The van der Waals surface area contributed by atoms with E-state index in [-0.39, 0.29) is 25.0 Å². The maximum absolute atomic E-state index is 12.4. The number of aliphatic hydroxyl groups excluding tert-OH is 1. The third-order valence-corrected chi connectivity index (χ3v) is 3.73. The van der Waals surface area contributed by atoms with Gasteiger partial charge in [0.05, 0.1) is 25.6 Å². The van der Waals surface area contributed by atoms with Crippen LogP contribution >= 0.6 is 0 Å². The largest absolute Gasteiger partial charge is 0.394 e. The molecule has 1 rings (SSSR count). The molecule has 0 aromatic carbocycles. The number of morpholine rings is 1. The molecule has 7 nitrogen and oxygen atoms in total. The van der Waals surface area contributed by atoms with Crippen molar-refractivity contribution >= 4 is 15.9 Å². The fourth-order valence-corrected chi connectivity index (χ4v) is 2.89. The Balaban J connectivity index is 2.76. The molecule has 8 heteroatoms. The standard InChI is InChI=1S/C12H24N2O5S/c1-9(2)6-11(13-20(3,17)18)12(16)14-4-5-19-10(7-14)8-15/h9-11,13,15H,4-8H2,1-3H3. The Morgan fingerprint density at radius 1 is 1.50 bits per heavy atom. The first-order valence-electron chi connectivity index (χ1n) is 6.71. The maximum Gasteiger partial charge on any atom is 0.240 e. The second-order valence-electron chi connectivity index (χ2n) is 5.53. The number of aliphatic hydroxyl groups is 1. The molecule has 0 saturated carbocycles. The highest BCUT2D eigenvalue weighted by molar-refractivity contribution is 7.88. The number of nitrogens with zero attached hydrogens (tertiary/aromatic N) is 1. The predicted molar refractivity (Wildman–Crippen MR) is 74.6 cm³/mol. The molecule has 1 aliphatic rings. The molecule has 118 valence electrons. The van der Waals surface area contributed by atoms with Crippen LogP contribution in [0.3, 0.4) is 0 Å². The van der Waals surface area contributed by atoms with Crippen LogP contribution in [-0.4, -0.2) is 69.0 Å². The van der Waals surface area contributed by atoms with Crippen molar-refractivity contribution in [2.45, 2.75) is 32.4 Å². The van der Waals surface area contributed by atoms with Crippen molar-refractivity contribution in [2.75, 3.05) is 32.6 Å². The molecule has 2 atom stereocenters. The second kappa shape index (κ2) is 7.35. The molecule has 0 radical (unpaired) electrons. The number of carbonyl (C=O) groups excluding carboxylic acids is 1. The zero-order valence-electron chi connectivity index (χ0n) is 12.2. The summed E-state index contributed by atoms with van der Waals surface area (Å²) in [5.74, 6) is -0.0706. The summed E-state index contributed by atoms with van der Waals surface area (Å²) in [5, 5.41) is 9.09. The van der Waals surface area contributed by atoms with Crippen LogP contribution in [0.25, 0.3) is 0 Å². The first-order chi connectivity index (χ1) is 9.23. The molecule has 0 spiro atoms. The van der Waals surface area contributed by atoms with Crippen molar-refractivity contribution in [3.8, 4) is 0 Å². The van der Waals surface area contributed by atoms with Gasteiger partial charge in [0.15, 0.2) is 0 Å². The molecule has 0 bridgehead atoms.